The molecule has 0 unspecified atom stereocenters. The first-order valence-corrected chi connectivity index (χ1v) is 4.51. The standard InChI is InChI=1S/C10H6F3N3O/c11-10(12,13)5-1-2-7-6(3-5)9(14)16-8(4-17)15-7/h1-4H,(H2,14,15,16). The first kappa shape index (κ1) is 11.3. The predicted octanol–water partition coefficient (Wildman–Crippen LogP) is 2.04. The molecule has 17 heavy (non-hydrogen) atoms. The number of aldehydes is 1. The second-order valence-corrected chi connectivity index (χ2v) is 3.31. The molecule has 2 rings (SSSR count). The molecule has 0 spiro atoms. The summed E-state index contributed by atoms with van der Waals surface area (Å²) in [6, 6.07) is 2.89. The first-order valence-electron chi connectivity index (χ1n) is 4.51. The zero-order valence-electron chi connectivity index (χ0n) is 8.32. The van der Waals surface area contributed by atoms with Gasteiger partial charge in [-0.2, -0.15) is 13.2 Å². The van der Waals surface area contributed by atoms with E-state index in [0.717, 1.165) is 18.2 Å². The lowest BCUT2D eigenvalue weighted by atomic mass is 10.1. The maximum atomic E-state index is 12.5. The van der Waals surface area contributed by atoms with Crippen LogP contribution in [0.2, 0.25) is 0 Å². The number of rotatable bonds is 1. The van der Waals surface area contributed by atoms with Crippen molar-refractivity contribution >= 4 is 23.0 Å². The highest BCUT2D eigenvalue weighted by Crippen LogP contribution is 2.32. The summed E-state index contributed by atoms with van der Waals surface area (Å²) in [4.78, 5) is 17.8. The third-order valence-corrected chi connectivity index (χ3v) is 2.18. The van der Waals surface area contributed by atoms with Crippen LogP contribution in [0.15, 0.2) is 18.2 Å². The van der Waals surface area contributed by atoms with Crippen LogP contribution in [0.3, 0.4) is 0 Å². The van der Waals surface area contributed by atoms with Crippen molar-refractivity contribution in [2.45, 2.75) is 6.18 Å². The van der Waals surface area contributed by atoms with Gasteiger partial charge in [0, 0.05) is 5.39 Å². The van der Waals surface area contributed by atoms with Crippen molar-refractivity contribution in [3.63, 3.8) is 0 Å². The van der Waals surface area contributed by atoms with E-state index in [1.165, 1.54) is 0 Å². The fraction of sp³-hybridized carbons (Fsp3) is 0.100. The number of nitrogens with zero attached hydrogens (tertiary/aromatic N) is 2. The molecule has 7 heteroatoms. The van der Waals surface area contributed by atoms with E-state index < -0.39 is 11.7 Å². The maximum Gasteiger partial charge on any atom is 0.416 e. The summed E-state index contributed by atoms with van der Waals surface area (Å²) in [7, 11) is 0. The zero-order valence-corrected chi connectivity index (χ0v) is 8.32. The van der Waals surface area contributed by atoms with Crippen molar-refractivity contribution in [1.82, 2.24) is 9.97 Å². The third-order valence-electron chi connectivity index (χ3n) is 2.18. The normalized spacial score (nSPS) is 11.7. The minimum atomic E-state index is -4.45. The van der Waals surface area contributed by atoms with Crippen molar-refractivity contribution in [2.24, 2.45) is 0 Å². The van der Waals surface area contributed by atoms with Crippen LogP contribution >= 0.6 is 0 Å². The van der Waals surface area contributed by atoms with E-state index in [1.54, 1.807) is 0 Å². The van der Waals surface area contributed by atoms with Gasteiger partial charge in [-0.15, -0.1) is 0 Å². The molecule has 4 nitrogen and oxygen atoms in total. The Bertz CT molecular complexity index is 595. The van der Waals surface area contributed by atoms with Crippen LogP contribution < -0.4 is 5.73 Å². The van der Waals surface area contributed by atoms with Crippen LogP contribution in [0, 0.1) is 0 Å². The minimum Gasteiger partial charge on any atom is -0.383 e. The van der Waals surface area contributed by atoms with E-state index in [9.17, 15) is 18.0 Å². The number of fused-ring (bicyclic) bond motifs is 1. The number of hydrogen-bond donors (Lipinski definition) is 1. The van der Waals surface area contributed by atoms with Crippen molar-refractivity contribution in [1.29, 1.82) is 0 Å². The van der Waals surface area contributed by atoms with Gasteiger partial charge in [0.2, 0.25) is 0 Å². The molecule has 0 saturated heterocycles. The summed E-state index contributed by atoms with van der Waals surface area (Å²) in [5.41, 5.74) is 4.83. The molecular weight excluding hydrogens is 235 g/mol. The maximum absolute atomic E-state index is 12.5. The number of halogens is 3. The molecule has 88 valence electrons. The molecule has 1 aromatic heterocycles. The third kappa shape index (κ3) is 2.03. The molecule has 0 aliphatic carbocycles. The Kier molecular flexibility index (Phi) is 2.45. The Hall–Kier alpha value is -2.18. The first-order chi connectivity index (χ1) is 7.91. The Morgan fingerprint density at radius 2 is 1.94 bits per heavy atom. The minimum absolute atomic E-state index is 0.0745. The van der Waals surface area contributed by atoms with Gasteiger partial charge in [-0.05, 0) is 18.2 Å². The van der Waals surface area contributed by atoms with Gasteiger partial charge in [0.05, 0.1) is 11.1 Å². The lowest BCUT2D eigenvalue weighted by Crippen LogP contribution is -2.06. The van der Waals surface area contributed by atoms with Crippen LogP contribution in [-0.4, -0.2) is 16.3 Å². The van der Waals surface area contributed by atoms with Gasteiger partial charge in [0.25, 0.3) is 0 Å². The highest BCUT2D eigenvalue weighted by molar-refractivity contribution is 5.90. The molecule has 2 aromatic rings. The predicted molar refractivity (Wildman–Crippen MR) is 54.3 cm³/mol. The quantitative estimate of drug-likeness (QED) is 0.775. The van der Waals surface area contributed by atoms with E-state index >= 15 is 0 Å². The number of hydrogen-bond acceptors (Lipinski definition) is 4. The summed E-state index contributed by atoms with van der Waals surface area (Å²) in [5, 5.41) is 0.0745. The van der Waals surface area contributed by atoms with Gasteiger partial charge in [0.1, 0.15) is 5.82 Å². The largest absolute Gasteiger partial charge is 0.416 e. The van der Waals surface area contributed by atoms with Gasteiger partial charge in [-0.3, -0.25) is 4.79 Å². The highest BCUT2D eigenvalue weighted by atomic mass is 19.4. The van der Waals surface area contributed by atoms with E-state index in [0.29, 0.717) is 6.29 Å². The second-order valence-electron chi connectivity index (χ2n) is 3.31. The fourth-order valence-corrected chi connectivity index (χ4v) is 1.40. The molecule has 0 aliphatic heterocycles. The Labute approximate surface area is 93.3 Å². The molecule has 0 radical (unpaired) electrons. The highest BCUT2D eigenvalue weighted by Gasteiger charge is 2.30. The molecule has 0 saturated carbocycles. The average molecular weight is 241 g/mol. The van der Waals surface area contributed by atoms with E-state index in [1.807, 2.05) is 0 Å². The van der Waals surface area contributed by atoms with Gasteiger partial charge in [-0.25, -0.2) is 9.97 Å². The van der Waals surface area contributed by atoms with Crippen LogP contribution in [0.4, 0.5) is 19.0 Å². The van der Waals surface area contributed by atoms with E-state index in [-0.39, 0.29) is 22.5 Å². The van der Waals surface area contributed by atoms with Crippen LogP contribution in [0.25, 0.3) is 10.9 Å². The van der Waals surface area contributed by atoms with Gasteiger partial charge in [0.15, 0.2) is 12.1 Å². The number of nitrogen functional groups attached to an aromatic ring is 1. The molecule has 0 atom stereocenters. The van der Waals surface area contributed by atoms with Crippen molar-refractivity contribution < 1.29 is 18.0 Å². The van der Waals surface area contributed by atoms with Crippen molar-refractivity contribution in [3.8, 4) is 0 Å². The number of alkyl halides is 3. The molecule has 0 fully saturated rings. The topological polar surface area (TPSA) is 68.9 Å². The molecule has 0 amide bonds. The summed E-state index contributed by atoms with van der Waals surface area (Å²) in [6.45, 7) is 0. The van der Waals surface area contributed by atoms with Gasteiger partial charge < -0.3 is 5.73 Å². The van der Waals surface area contributed by atoms with E-state index in [2.05, 4.69) is 9.97 Å². The lowest BCUT2D eigenvalue weighted by Gasteiger charge is -2.08. The number of nitrogens with two attached hydrogens (primary N) is 1. The Morgan fingerprint density at radius 1 is 1.24 bits per heavy atom. The summed E-state index contributed by atoms with van der Waals surface area (Å²) < 4.78 is 37.4. The van der Waals surface area contributed by atoms with E-state index in [4.69, 9.17) is 5.73 Å². The Balaban J connectivity index is 2.71. The van der Waals surface area contributed by atoms with Crippen molar-refractivity contribution in [3.05, 3.63) is 29.6 Å². The molecule has 2 N–H and O–H groups in total. The number of carbonyl (C=O) groups excluding carboxylic acids is 1. The van der Waals surface area contributed by atoms with Crippen LogP contribution in [0.1, 0.15) is 16.2 Å². The molecule has 0 bridgehead atoms. The fourth-order valence-electron chi connectivity index (χ4n) is 1.40. The number of benzene rings is 1. The van der Waals surface area contributed by atoms with Crippen LogP contribution in [-0.2, 0) is 6.18 Å². The van der Waals surface area contributed by atoms with Gasteiger partial charge >= 0.3 is 6.18 Å². The molecule has 1 aromatic carbocycles. The van der Waals surface area contributed by atoms with Crippen LogP contribution in [0.5, 0.6) is 0 Å². The zero-order chi connectivity index (χ0) is 12.6. The summed E-state index contributed by atoms with van der Waals surface area (Å²) >= 11 is 0. The Morgan fingerprint density at radius 3 is 2.53 bits per heavy atom. The monoisotopic (exact) mass is 241 g/mol. The number of aromatic nitrogens is 2. The van der Waals surface area contributed by atoms with Gasteiger partial charge in [-0.1, -0.05) is 0 Å². The average Bonchev–Trinajstić information content (AvgIpc) is 2.27. The molecule has 1 heterocycles. The molecule has 0 aliphatic rings. The lowest BCUT2D eigenvalue weighted by molar-refractivity contribution is -0.137. The summed E-state index contributed by atoms with van der Waals surface area (Å²) in [6.07, 6.45) is -4.07. The second kappa shape index (κ2) is 3.69. The molecular formula is C10H6F3N3O. The van der Waals surface area contributed by atoms with Crippen molar-refractivity contribution in [2.75, 3.05) is 5.73 Å². The number of anilines is 1. The smallest absolute Gasteiger partial charge is 0.383 e. The number of carbonyl (C=O) groups is 1. The SMILES string of the molecule is Nc1nc(C=O)nc2ccc(C(F)(F)F)cc12. The summed E-state index contributed by atoms with van der Waals surface area (Å²) in [5.74, 6) is -0.307.